The standard InChI is InChI=1S/C22H27N3O4/c26-21(24-28)8-4-5-17-13-15-25(16-14-17)22(27)23-18-9-11-20(12-10-18)29-19-6-2-1-3-7-19/h1-3,6-7,9-12,17,28H,4-5,8,13-16H2,(H,23,27)(H,24,26). The Morgan fingerprint density at radius 1 is 1.00 bits per heavy atom. The molecule has 7 nitrogen and oxygen atoms in total. The van der Waals surface area contributed by atoms with Gasteiger partial charge in [0.05, 0.1) is 0 Å². The van der Waals surface area contributed by atoms with Crippen molar-refractivity contribution in [3.05, 3.63) is 54.6 Å². The van der Waals surface area contributed by atoms with Crippen molar-refractivity contribution in [2.75, 3.05) is 18.4 Å². The summed E-state index contributed by atoms with van der Waals surface area (Å²) in [6.07, 6.45) is 3.88. The van der Waals surface area contributed by atoms with Gasteiger partial charge in [-0.1, -0.05) is 18.2 Å². The molecule has 1 fully saturated rings. The fraction of sp³-hybridized carbons (Fsp3) is 0.364. The molecule has 0 aromatic heterocycles. The number of carbonyl (C=O) groups is 2. The highest BCUT2D eigenvalue weighted by Gasteiger charge is 2.22. The molecule has 1 saturated heterocycles. The van der Waals surface area contributed by atoms with Gasteiger partial charge in [0.15, 0.2) is 0 Å². The van der Waals surface area contributed by atoms with E-state index < -0.39 is 0 Å². The lowest BCUT2D eigenvalue weighted by Gasteiger charge is -2.32. The van der Waals surface area contributed by atoms with Gasteiger partial charge in [-0.05, 0) is 68.0 Å². The average Bonchev–Trinajstić information content (AvgIpc) is 2.76. The Labute approximate surface area is 170 Å². The second-order valence-corrected chi connectivity index (χ2v) is 7.23. The number of carbonyl (C=O) groups excluding carboxylic acids is 2. The maximum Gasteiger partial charge on any atom is 0.321 e. The van der Waals surface area contributed by atoms with Crippen LogP contribution >= 0.6 is 0 Å². The summed E-state index contributed by atoms with van der Waals surface area (Å²) in [6.45, 7) is 1.41. The third kappa shape index (κ3) is 6.50. The Hall–Kier alpha value is -3.06. The van der Waals surface area contributed by atoms with E-state index in [4.69, 9.17) is 9.94 Å². The van der Waals surface area contributed by atoms with Crippen molar-refractivity contribution in [3.63, 3.8) is 0 Å². The van der Waals surface area contributed by atoms with Crippen LogP contribution in [0.4, 0.5) is 10.5 Å². The van der Waals surface area contributed by atoms with E-state index in [9.17, 15) is 9.59 Å². The van der Waals surface area contributed by atoms with Crippen LogP contribution in [0.25, 0.3) is 0 Å². The van der Waals surface area contributed by atoms with E-state index in [-0.39, 0.29) is 11.9 Å². The first kappa shape index (κ1) is 20.7. The van der Waals surface area contributed by atoms with E-state index in [2.05, 4.69) is 5.32 Å². The van der Waals surface area contributed by atoms with Crippen LogP contribution in [-0.2, 0) is 4.79 Å². The fourth-order valence-electron chi connectivity index (χ4n) is 3.47. The van der Waals surface area contributed by atoms with E-state index in [1.54, 1.807) is 5.48 Å². The van der Waals surface area contributed by atoms with Gasteiger partial charge in [0.25, 0.3) is 0 Å². The molecule has 1 heterocycles. The number of benzene rings is 2. The number of urea groups is 1. The minimum absolute atomic E-state index is 0.0974. The number of hydrogen-bond acceptors (Lipinski definition) is 4. The van der Waals surface area contributed by atoms with E-state index in [0.29, 0.717) is 31.2 Å². The molecule has 0 bridgehead atoms. The summed E-state index contributed by atoms with van der Waals surface area (Å²) >= 11 is 0. The van der Waals surface area contributed by atoms with Gasteiger partial charge in [0.2, 0.25) is 5.91 Å². The molecule has 1 aliphatic rings. The molecular formula is C22H27N3O4. The van der Waals surface area contributed by atoms with E-state index in [1.165, 1.54) is 0 Å². The summed E-state index contributed by atoms with van der Waals surface area (Å²) in [4.78, 5) is 25.4. The Morgan fingerprint density at radius 2 is 1.66 bits per heavy atom. The highest BCUT2D eigenvalue weighted by atomic mass is 16.5. The molecule has 0 radical (unpaired) electrons. The van der Waals surface area contributed by atoms with E-state index in [0.717, 1.165) is 37.1 Å². The maximum atomic E-state index is 12.5. The van der Waals surface area contributed by atoms with Crippen LogP contribution in [-0.4, -0.2) is 35.1 Å². The molecule has 0 aliphatic carbocycles. The van der Waals surface area contributed by atoms with Crippen LogP contribution in [0.2, 0.25) is 0 Å². The number of para-hydroxylation sites is 1. The van der Waals surface area contributed by atoms with E-state index >= 15 is 0 Å². The van der Waals surface area contributed by atoms with E-state index in [1.807, 2.05) is 59.5 Å². The van der Waals surface area contributed by atoms with Crippen molar-refractivity contribution < 1.29 is 19.5 Å². The van der Waals surface area contributed by atoms with Gasteiger partial charge in [0.1, 0.15) is 11.5 Å². The van der Waals surface area contributed by atoms with Gasteiger partial charge in [-0.2, -0.15) is 0 Å². The van der Waals surface area contributed by atoms with Crippen molar-refractivity contribution in [2.24, 2.45) is 5.92 Å². The lowest BCUT2D eigenvalue weighted by Crippen LogP contribution is -2.41. The molecule has 3 amide bonds. The molecule has 2 aromatic carbocycles. The molecule has 0 saturated carbocycles. The molecule has 0 atom stereocenters. The molecule has 3 N–H and O–H groups in total. The second kappa shape index (κ2) is 10.5. The Bertz CT molecular complexity index is 787. The van der Waals surface area contributed by atoms with Gasteiger partial charge in [-0.3, -0.25) is 10.0 Å². The third-order valence-corrected chi connectivity index (χ3v) is 5.13. The zero-order valence-electron chi connectivity index (χ0n) is 16.3. The summed E-state index contributed by atoms with van der Waals surface area (Å²) in [5, 5.41) is 11.4. The maximum absolute atomic E-state index is 12.5. The smallest absolute Gasteiger partial charge is 0.321 e. The summed E-state index contributed by atoms with van der Waals surface area (Å²) in [7, 11) is 0. The molecule has 154 valence electrons. The Kier molecular flexibility index (Phi) is 7.47. The number of nitrogens with zero attached hydrogens (tertiary/aromatic N) is 1. The number of rotatable bonds is 7. The molecule has 29 heavy (non-hydrogen) atoms. The second-order valence-electron chi connectivity index (χ2n) is 7.23. The van der Waals surface area contributed by atoms with Crippen molar-refractivity contribution >= 4 is 17.6 Å². The van der Waals surface area contributed by atoms with Gasteiger partial charge in [0, 0.05) is 25.2 Å². The van der Waals surface area contributed by atoms with Crippen molar-refractivity contribution in [2.45, 2.75) is 32.1 Å². The summed E-state index contributed by atoms with van der Waals surface area (Å²) in [5.74, 6) is 1.65. The monoisotopic (exact) mass is 397 g/mol. The number of nitrogens with one attached hydrogen (secondary N) is 2. The molecule has 1 aliphatic heterocycles. The lowest BCUT2D eigenvalue weighted by molar-refractivity contribution is -0.129. The normalized spacial score (nSPS) is 14.3. The predicted octanol–water partition coefficient (Wildman–Crippen LogP) is 4.40. The largest absolute Gasteiger partial charge is 0.457 e. The van der Waals surface area contributed by atoms with Crippen LogP contribution < -0.4 is 15.5 Å². The zero-order valence-corrected chi connectivity index (χ0v) is 16.3. The fourth-order valence-corrected chi connectivity index (χ4v) is 3.47. The molecule has 7 heteroatoms. The minimum Gasteiger partial charge on any atom is -0.457 e. The number of ether oxygens (including phenoxy) is 1. The molecule has 2 aromatic rings. The molecular weight excluding hydrogens is 370 g/mol. The number of anilines is 1. The van der Waals surface area contributed by atoms with Crippen molar-refractivity contribution in [1.82, 2.24) is 10.4 Å². The molecule has 0 unspecified atom stereocenters. The van der Waals surface area contributed by atoms with Gasteiger partial charge in [-0.15, -0.1) is 0 Å². The predicted molar refractivity (Wildman–Crippen MR) is 110 cm³/mol. The SMILES string of the molecule is O=C(CCCC1CCN(C(=O)Nc2ccc(Oc3ccccc3)cc2)CC1)NO. The summed E-state index contributed by atoms with van der Waals surface area (Å²) in [6, 6.07) is 16.8. The van der Waals surface area contributed by atoms with Crippen molar-refractivity contribution in [3.8, 4) is 11.5 Å². The Balaban J connectivity index is 1.41. The van der Waals surface area contributed by atoms with Crippen LogP contribution in [0.15, 0.2) is 54.6 Å². The van der Waals surface area contributed by atoms with Crippen LogP contribution in [0.1, 0.15) is 32.1 Å². The minimum atomic E-state index is -0.345. The summed E-state index contributed by atoms with van der Waals surface area (Å²) in [5.41, 5.74) is 2.38. The highest BCUT2D eigenvalue weighted by Crippen LogP contribution is 2.25. The average molecular weight is 397 g/mol. The number of likely N-dealkylation sites (tertiary alicyclic amines) is 1. The van der Waals surface area contributed by atoms with Gasteiger partial charge < -0.3 is 15.0 Å². The molecule has 0 spiro atoms. The first-order valence-corrected chi connectivity index (χ1v) is 9.96. The number of amides is 3. The van der Waals surface area contributed by atoms with Crippen LogP contribution in [0.5, 0.6) is 11.5 Å². The molecule has 3 rings (SSSR count). The number of hydrogen-bond donors (Lipinski definition) is 3. The lowest BCUT2D eigenvalue weighted by atomic mass is 9.91. The summed E-state index contributed by atoms with van der Waals surface area (Å²) < 4.78 is 5.76. The first-order chi connectivity index (χ1) is 14.1. The topological polar surface area (TPSA) is 90.9 Å². The van der Waals surface area contributed by atoms with Gasteiger partial charge >= 0.3 is 6.03 Å². The van der Waals surface area contributed by atoms with Crippen LogP contribution in [0.3, 0.4) is 0 Å². The number of piperidine rings is 1. The zero-order chi connectivity index (χ0) is 20.5. The van der Waals surface area contributed by atoms with Crippen molar-refractivity contribution in [1.29, 1.82) is 0 Å². The Morgan fingerprint density at radius 3 is 2.31 bits per heavy atom. The first-order valence-electron chi connectivity index (χ1n) is 9.96. The van der Waals surface area contributed by atoms with Crippen LogP contribution in [0, 0.1) is 5.92 Å². The highest BCUT2D eigenvalue weighted by molar-refractivity contribution is 5.89. The number of hydroxylamine groups is 1. The third-order valence-electron chi connectivity index (χ3n) is 5.13. The quantitative estimate of drug-likeness (QED) is 0.477. The van der Waals surface area contributed by atoms with Gasteiger partial charge in [-0.25, -0.2) is 10.3 Å².